The molecular weight excluding hydrogens is 336 g/mol. The van der Waals surface area contributed by atoms with Crippen LogP contribution in [-0.2, 0) is 13.0 Å². The number of benzene rings is 2. The molecule has 2 aromatic carbocycles. The minimum Gasteiger partial charge on any atom is -0.310 e. The van der Waals surface area contributed by atoms with Crippen LogP contribution in [0.1, 0.15) is 23.6 Å². The molecule has 4 heteroatoms. The fraction of sp³-hybridized carbons (Fsp3) is 0.294. The van der Waals surface area contributed by atoms with Gasteiger partial charge in [0.05, 0.1) is 0 Å². The Kier molecular flexibility index (Phi) is 5.48. The topological polar surface area (TPSA) is 12.0 Å². The largest absolute Gasteiger partial charge is 0.310 e. The van der Waals surface area contributed by atoms with Crippen molar-refractivity contribution in [1.29, 1.82) is 0 Å². The summed E-state index contributed by atoms with van der Waals surface area (Å²) in [6.45, 7) is 4.62. The van der Waals surface area contributed by atoms with Crippen LogP contribution in [-0.4, -0.2) is 6.04 Å². The van der Waals surface area contributed by atoms with Crippen molar-refractivity contribution in [3.8, 4) is 0 Å². The van der Waals surface area contributed by atoms with Gasteiger partial charge in [-0.05, 0) is 49.6 Å². The van der Waals surface area contributed by atoms with Gasteiger partial charge in [-0.2, -0.15) is 0 Å². The Morgan fingerprint density at radius 1 is 1.14 bits per heavy atom. The zero-order valence-corrected chi connectivity index (χ0v) is 13.7. The molecule has 0 aliphatic rings. The standard InChI is InChI=1S/C17H18BrF2N/c1-11-6-7-13(9-15(11)18)10-21-12(2)8-14-16(19)4-3-5-17(14)20/h3-7,9,12,21H,8,10H2,1-2H3. The van der Waals surface area contributed by atoms with Gasteiger partial charge >= 0.3 is 0 Å². The number of rotatable bonds is 5. The quantitative estimate of drug-likeness (QED) is 0.817. The Morgan fingerprint density at radius 2 is 1.81 bits per heavy atom. The molecule has 0 amide bonds. The molecule has 0 heterocycles. The zero-order valence-electron chi connectivity index (χ0n) is 12.1. The minimum atomic E-state index is -0.485. The molecule has 0 radical (unpaired) electrons. The number of nitrogens with one attached hydrogen (secondary N) is 1. The SMILES string of the molecule is Cc1ccc(CNC(C)Cc2c(F)cccc2F)cc1Br. The highest BCUT2D eigenvalue weighted by Gasteiger charge is 2.12. The first kappa shape index (κ1) is 16.1. The second-order valence-electron chi connectivity index (χ2n) is 5.27. The molecule has 1 nitrogen and oxygen atoms in total. The summed E-state index contributed by atoms with van der Waals surface area (Å²) in [7, 11) is 0. The molecule has 2 aromatic rings. The monoisotopic (exact) mass is 353 g/mol. The average Bonchev–Trinajstić information content (AvgIpc) is 2.44. The van der Waals surface area contributed by atoms with Crippen LogP contribution in [0.5, 0.6) is 0 Å². The lowest BCUT2D eigenvalue weighted by Crippen LogP contribution is -2.28. The third-order valence-corrected chi connectivity index (χ3v) is 4.32. The summed E-state index contributed by atoms with van der Waals surface area (Å²) in [5.74, 6) is -0.969. The molecule has 21 heavy (non-hydrogen) atoms. The van der Waals surface area contributed by atoms with Gasteiger partial charge in [-0.1, -0.05) is 34.1 Å². The van der Waals surface area contributed by atoms with Gasteiger partial charge in [-0.3, -0.25) is 0 Å². The van der Waals surface area contributed by atoms with Crippen LogP contribution in [0.2, 0.25) is 0 Å². The lowest BCUT2D eigenvalue weighted by atomic mass is 10.1. The molecule has 0 bridgehead atoms. The van der Waals surface area contributed by atoms with E-state index in [9.17, 15) is 8.78 Å². The van der Waals surface area contributed by atoms with Gasteiger partial charge in [-0.15, -0.1) is 0 Å². The van der Waals surface area contributed by atoms with Crippen molar-refractivity contribution >= 4 is 15.9 Å². The molecular formula is C17H18BrF2N. The van der Waals surface area contributed by atoms with Crippen molar-refractivity contribution in [3.05, 3.63) is 69.2 Å². The van der Waals surface area contributed by atoms with Crippen LogP contribution in [0.15, 0.2) is 40.9 Å². The Labute approximate surface area is 132 Å². The van der Waals surface area contributed by atoms with E-state index in [2.05, 4.69) is 27.3 Å². The minimum absolute atomic E-state index is 0.0171. The first-order valence-corrected chi connectivity index (χ1v) is 7.68. The van der Waals surface area contributed by atoms with Gasteiger partial charge in [0.25, 0.3) is 0 Å². The zero-order chi connectivity index (χ0) is 15.4. The Balaban J connectivity index is 1.96. The van der Waals surface area contributed by atoms with E-state index in [-0.39, 0.29) is 11.6 Å². The maximum absolute atomic E-state index is 13.6. The number of hydrogen-bond donors (Lipinski definition) is 1. The van der Waals surface area contributed by atoms with E-state index in [1.807, 2.05) is 26.0 Å². The first-order valence-electron chi connectivity index (χ1n) is 6.88. The molecule has 2 rings (SSSR count). The molecule has 0 aromatic heterocycles. The van der Waals surface area contributed by atoms with Gasteiger partial charge in [-0.25, -0.2) is 8.78 Å². The maximum atomic E-state index is 13.6. The van der Waals surface area contributed by atoms with Crippen molar-refractivity contribution in [3.63, 3.8) is 0 Å². The number of aryl methyl sites for hydroxylation is 1. The van der Waals surface area contributed by atoms with Gasteiger partial charge in [0, 0.05) is 22.6 Å². The van der Waals surface area contributed by atoms with E-state index in [0.717, 1.165) is 10.0 Å². The molecule has 1 unspecified atom stereocenters. The summed E-state index contributed by atoms with van der Waals surface area (Å²) in [5.41, 5.74) is 2.45. The summed E-state index contributed by atoms with van der Waals surface area (Å²) < 4.78 is 28.3. The fourth-order valence-corrected chi connectivity index (χ4v) is 2.57. The van der Waals surface area contributed by atoms with Crippen LogP contribution in [0.25, 0.3) is 0 Å². The molecule has 0 aliphatic carbocycles. The lowest BCUT2D eigenvalue weighted by molar-refractivity contribution is 0.499. The summed E-state index contributed by atoms with van der Waals surface area (Å²) in [6, 6.07) is 10.1. The van der Waals surface area contributed by atoms with E-state index < -0.39 is 11.6 Å². The van der Waals surface area contributed by atoms with Crippen LogP contribution in [0, 0.1) is 18.6 Å². The first-order chi connectivity index (χ1) is 9.97. The third kappa shape index (κ3) is 4.35. The van der Waals surface area contributed by atoms with Crippen LogP contribution >= 0.6 is 15.9 Å². The van der Waals surface area contributed by atoms with Crippen LogP contribution in [0.4, 0.5) is 8.78 Å². The van der Waals surface area contributed by atoms with E-state index >= 15 is 0 Å². The predicted molar refractivity (Wildman–Crippen MR) is 85.2 cm³/mol. The maximum Gasteiger partial charge on any atom is 0.129 e. The van der Waals surface area contributed by atoms with Crippen molar-refractivity contribution in [1.82, 2.24) is 5.32 Å². The molecule has 0 fully saturated rings. The van der Waals surface area contributed by atoms with Crippen molar-refractivity contribution in [2.75, 3.05) is 0 Å². The van der Waals surface area contributed by atoms with Crippen molar-refractivity contribution in [2.45, 2.75) is 32.9 Å². The fourth-order valence-electron chi connectivity index (χ4n) is 2.14. The number of hydrogen-bond acceptors (Lipinski definition) is 1. The van der Waals surface area contributed by atoms with Gasteiger partial charge in [0.1, 0.15) is 11.6 Å². The van der Waals surface area contributed by atoms with Crippen LogP contribution in [0.3, 0.4) is 0 Å². The van der Waals surface area contributed by atoms with Crippen LogP contribution < -0.4 is 5.32 Å². The van der Waals surface area contributed by atoms with E-state index in [4.69, 9.17) is 0 Å². The average molecular weight is 354 g/mol. The molecule has 1 atom stereocenters. The second kappa shape index (κ2) is 7.14. The number of halogens is 3. The molecule has 0 saturated heterocycles. The summed E-state index contributed by atoms with van der Waals surface area (Å²) >= 11 is 3.50. The Bertz CT molecular complexity index is 608. The van der Waals surface area contributed by atoms with E-state index in [1.54, 1.807) is 0 Å². The Morgan fingerprint density at radius 3 is 2.43 bits per heavy atom. The normalized spacial score (nSPS) is 12.4. The molecule has 1 N–H and O–H groups in total. The molecule has 112 valence electrons. The molecule has 0 spiro atoms. The highest BCUT2D eigenvalue weighted by molar-refractivity contribution is 9.10. The van der Waals surface area contributed by atoms with Crippen molar-refractivity contribution < 1.29 is 8.78 Å². The van der Waals surface area contributed by atoms with Gasteiger partial charge in [0.15, 0.2) is 0 Å². The van der Waals surface area contributed by atoms with E-state index in [1.165, 1.54) is 23.8 Å². The Hall–Kier alpha value is -1.26. The van der Waals surface area contributed by atoms with Crippen molar-refractivity contribution in [2.24, 2.45) is 0 Å². The summed E-state index contributed by atoms with van der Waals surface area (Å²) in [4.78, 5) is 0. The van der Waals surface area contributed by atoms with Gasteiger partial charge < -0.3 is 5.32 Å². The third-order valence-electron chi connectivity index (χ3n) is 3.46. The smallest absolute Gasteiger partial charge is 0.129 e. The second-order valence-corrected chi connectivity index (χ2v) is 6.12. The summed E-state index contributed by atoms with van der Waals surface area (Å²) in [5, 5.41) is 3.29. The molecule has 0 saturated carbocycles. The van der Waals surface area contributed by atoms with E-state index in [0.29, 0.717) is 13.0 Å². The predicted octanol–water partition coefficient (Wildman–Crippen LogP) is 4.76. The highest BCUT2D eigenvalue weighted by atomic mass is 79.9. The van der Waals surface area contributed by atoms with Gasteiger partial charge in [0.2, 0.25) is 0 Å². The molecule has 0 aliphatic heterocycles. The summed E-state index contributed by atoms with van der Waals surface area (Å²) in [6.07, 6.45) is 0.325. The lowest BCUT2D eigenvalue weighted by Gasteiger charge is -2.15. The highest BCUT2D eigenvalue weighted by Crippen LogP contribution is 2.18.